The van der Waals surface area contributed by atoms with Crippen molar-refractivity contribution in [3.63, 3.8) is 0 Å². The maximum atomic E-state index is 8.24. The van der Waals surface area contributed by atoms with E-state index in [2.05, 4.69) is 18.4 Å². The van der Waals surface area contributed by atoms with Crippen molar-refractivity contribution in [2.45, 2.75) is 31.8 Å². The van der Waals surface area contributed by atoms with Gasteiger partial charge in [0.2, 0.25) is 0 Å². The van der Waals surface area contributed by atoms with Crippen molar-refractivity contribution in [3.05, 3.63) is 30.3 Å². The Bertz CT molecular complexity index is 206. The largest absolute Gasteiger partial charge is 0.400 e. The zero-order chi connectivity index (χ0) is 14.1. The normalized spacial score (nSPS) is 9.41. The number of rotatable bonds is 2. The maximum Gasteiger partial charge on any atom is 0.0634 e. The molecule has 0 unspecified atom stereocenters. The monoisotopic (exact) mass is 261 g/mol. The molecule has 0 bridgehead atoms. The lowest BCUT2D eigenvalue weighted by Crippen LogP contribution is -2.14. The summed E-state index contributed by atoms with van der Waals surface area (Å²) in [5.74, 6) is 0. The van der Waals surface area contributed by atoms with Crippen LogP contribution in [0.3, 0.4) is 0 Å². The molecule has 4 N–H and O–H groups in total. The quantitative estimate of drug-likeness (QED) is 0.715. The lowest BCUT2D eigenvalue weighted by molar-refractivity contribution is 0.203. The van der Waals surface area contributed by atoms with Gasteiger partial charge in [-0.3, -0.25) is 0 Å². The fraction of sp³-hybridized carbons (Fsp3) is 0.538. The summed E-state index contributed by atoms with van der Waals surface area (Å²) in [6.45, 7) is 6.01. The van der Waals surface area contributed by atoms with Gasteiger partial charge in [0.05, 0.1) is 6.10 Å². The molecule has 102 valence electrons. The highest BCUT2D eigenvalue weighted by Crippen LogP contribution is 2.11. The molecule has 4 heteroatoms. The van der Waals surface area contributed by atoms with Crippen molar-refractivity contribution in [2.75, 3.05) is 19.9 Å². The van der Waals surface area contributed by atoms with E-state index in [4.69, 9.17) is 15.9 Å². The van der Waals surface area contributed by atoms with E-state index in [0.29, 0.717) is 6.54 Å². The minimum Gasteiger partial charge on any atom is -0.400 e. The molecule has 0 amide bonds. The SMILES string of the molecule is CC.CO.CSc1ccccc1.C[C@H](O)CN. The molecule has 0 heterocycles. The number of hydrogen-bond donors (Lipinski definition) is 3. The lowest BCUT2D eigenvalue weighted by atomic mass is 10.4. The molecule has 0 fully saturated rings. The molecule has 1 aromatic rings. The summed E-state index contributed by atoms with van der Waals surface area (Å²) < 4.78 is 0. The second-order valence-corrected chi connectivity index (χ2v) is 3.48. The number of hydrogen-bond acceptors (Lipinski definition) is 4. The molecule has 1 aromatic carbocycles. The summed E-state index contributed by atoms with van der Waals surface area (Å²) >= 11 is 1.77. The standard InChI is InChI=1S/C7H8S.C3H9NO.C2H6.CH4O/c1-8-7-5-3-2-4-6-7;1-3(5)2-4;2*1-2/h2-6H,1H3;3,5H,2,4H2,1H3;1-2H3;2H,1H3/t;3-;;/m.0../s1. The Balaban J connectivity index is -0.000000190. The van der Waals surface area contributed by atoms with Crippen molar-refractivity contribution in [3.8, 4) is 0 Å². The second-order valence-electron chi connectivity index (χ2n) is 2.60. The van der Waals surface area contributed by atoms with Crippen LogP contribution < -0.4 is 5.73 Å². The number of aliphatic hydroxyl groups excluding tert-OH is 2. The Kier molecular flexibility index (Phi) is 26.6. The van der Waals surface area contributed by atoms with Gasteiger partial charge in [-0.1, -0.05) is 32.0 Å². The molecule has 0 radical (unpaired) electrons. The van der Waals surface area contributed by atoms with Crippen LogP contribution in [0, 0.1) is 0 Å². The van der Waals surface area contributed by atoms with Crippen molar-refractivity contribution in [1.82, 2.24) is 0 Å². The summed E-state index contributed by atoms with van der Waals surface area (Å²) in [6.07, 6.45) is 1.74. The van der Waals surface area contributed by atoms with E-state index in [-0.39, 0.29) is 6.10 Å². The molecular weight excluding hydrogens is 234 g/mol. The molecule has 17 heavy (non-hydrogen) atoms. The third-order valence-corrected chi connectivity index (χ3v) is 2.06. The van der Waals surface area contributed by atoms with E-state index in [1.807, 2.05) is 32.0 Å². The van der Waals surface area contributed by atoms with E-state index in [1.54, 1.807) is 18.7 Å². The van der Waals surface area contributed by atoms with Gasteiger partial charge < -0.3 is 15.9 Å². The molecule has 1 atom stereocenters. The third-order valence-electron chi connectivity index (χ3n) is 1.32. The Morgan fingerprint density at radius 3 is 1.71 bits per heavy atom. The third kappa shape index (κ3) is 21.3. The Morgan fingerprint density at radius 1 is 1.18 bits per heavy atom. The van der Waals surface area contributed by atoms with Crippen LogP contribution in [0.4, 0.5) is 0 Å². The van der Waals surface area contributed by atoms with Crippen LogP contribution in [0.1, 0.15) is 20.8 Å². The van der Waals surface area contributed by atoms with Crippen molar-refractivity contribution < 1.29 is 10.2 Å². The van der Waals surface area contributed by atoms with Gasteiger partial charge in [0.15, 0.2) is 0 Å². The zero-order valence-corrected chi connectivity index (χ0v) is 12.4. The second kappa shape index (κ2) is 20.8. The van der Waals surface area contributed by atoms with Gasteiger partial charge in [0, 0.05) is 18.6 Å². The fourth-order valence-corrected chi connectivity index (χ4v) is 0.986. The smallest absolute Gasteiger partial charge is 0.0634 e. The van der Waals surface area contributed by atoms with Gasteiger partial charge in [0.1, 0.15) is 0 Å². The molecule has 0 aliphatic carbocycles. The highest BCUT2D eigenvalue weighted by atomic mass is 32.2. The molecule has 1 rings (SSSR count). The Morgan fingerprint density at radius 2 is 1.53 bits per heavy atom. The Labute approximate surface area is 110 Å². The average molecular weight is 261 g/mol. The van der Waals surface area contributed by atoms with E-state index < -0.39 is 0 Å². The van der Waals surface area contributed by atoms with Gasteiger partial charge in [-0.15, -0.1) is 11.8 Å². The zero-order valence-electron chi connectivity index (χ0n) is 11.6. The summed E-state index contributed by atoms with van der Waals surface area (Å²) in [5, 5.41) is 15.2. The first-order valence-corrected chi connectivity index (χ1v) is 6.85. The molecular formula is C13H27NO2S. The highest BCUT2D eigenvalue weighted by molar-refractivity contribution is 7.98. The van der Waals surface area contributed by atoms with E-state index >= 15 is 0 Å². The molecule has 0 saturated heterocycles. The van der Waals surface area contributed by atoms with Crippen molar-refractivity contribution in [2.24, 2.45) is 5.73 Å². The summed E-state index contributed by atoms with van der Waals surface area (Å²) in [7, 11) is 1.00. The van der Waals surface area contributed by atoms with Crippen molar-refractivity contribution >= 4 is 11.8 Å². The first-order valence-electron chi connectivity index (χ1n) is 5.62. The Hall–Kier alpha value is -0.550. The van der Waals surface area contributed by atoms with Crippen LogP contribution in [-0.4, -0.2) is 36.2 Å². The van der Waals surface area contributed by atoms with Crippen LogP contribution in [0.25, 0.3) is 0 Å². The predicted octanol–water partition coefficient (Wildman–Crippen LogP) is 2.37. The maximum absolute atomic E-state index is 8.24. The minimum absolute atomic E-state index is 0.338. The molecule has 0 aliphatic heterocycles. The molecule has 0 aromatic heterocycles. The van der Waals surface area contributed by atoms with Gasteiger partial charge in [-0.2, -0.15) is 0 Å². The number of thioether (sulfide) groups is 1. The summed E-state index contributed by atoms with van der Waals surface area (Å²) in [6, 6.07) is 10.3. The van der Waals surface area contributed by atoms with Crippen LogP contribution in [-0.2, 0) is 0 Å². The molecule has 0 spiro atoms. The van der Waals surface area contributed by atoms with E-state index in [0.717, 1.165) is 7.11 Å². The minimum atomic E-state index is -0.338. The van der Waals surface area contributed by atoms with Gasteiger partial charge in [-0.05, 0) is 25.3 Å². The van der Waals surface area contributed by atoms with E-state index in [1.165, 1.54) is 4.90 Å². The predicted molar refractivity (Wildman–Crippen MR) is 78.4 cm³/mol. The van der Waals surface area contributed by atoms with Crippen LogP contribution in [0.2, 0.25) is 0 Å². The average Bonchev–Trinajstić information content (AvgIpc) is 2.44. The van der Waals surface area contributed by atoms with Crippen molar-refractivity contribution in [1.29, 1.82) is 0 Å². The van der Waals surface area contributed by atoms with Gasteiger partial charge in [0.25, 0.3) is 0 Å². The molecule has 3 nitrogen and oxygen atoms in total. The topological polar surface area (TPSA) is 66.5 Å². The van der Waals surface area contributed by atoms with Crippen LogP contribution in [0.5, 0.6) is 0 Å². The highest BCUT2D eigenvalue weighted by Gasteiger charge is 1.82. The lowest BCUT2D eigenvalue weighted by Gasteiger charge is -1.91. The summed E-state index contributed by atoms with van der Waals surface area (Å²) in [4.78, 5) is 1.33. The van der Waals surface area contributed by atoms with Gasteiger partial charge in [-0.25, -0.2) is 0 Å². The van der Waals surface area contributed by atoms with Crippen LogP contribution >= 0.6 is 11.8 Å². The van der Waals surface area contributed by atoms with E-state index in [9.17, 15) is 0 Å². The van der Waals surface area contributed by atoms with Gasteiger partial charge >= 0.3 is 0 Å². The first kappa shape index (κ1) is 21.7. The molecule has 0 saturated carbocycles. The molecule has 0 aliphatic rings. The number of aliphatic hydroxyl groups is 2. The summed E-state index contributed by atoms with van der Waals surface area (Å²) in [5.41, 5.74) is 4.92. The number of benzene rings is 1. The number of nitrogens with two attached hydrogens (primary N) is 1. The van der Waals surface area contributed by atoms with Crippen LogP contribution in [0.15, 0.2) is 35.2 Å². The fourth-order valence-electron chi connectivity index (χ4n) is 0.557. The first-order chi connectivity index (χ1) is 8.20.